The van der Waals surface area contributed by atoms with Crippen LogP contribution in [0.5, 0.6) is 11.5 Å². The van der Waals surface area contributed by atoms with Crippen molar-refractivity contribution >= 4 is 17.3 Å². The summed E-state index contributed by atoms with van der Waals surface area (Å²) in [6, 6.07) is 9.63. The molecule has 3 rings (SSSR count). The van der Waals surface area contributed by atoms with Crippen LogP contribution in [0.3, 0.4) is 0 Å². The van der Waals surface area contributed by atoms with Gasteiger partial charge in [-0.15, -0.1) is 4.91 Å². The number of anilines is 1. The molecule has 4 N–H and O–H groups in total. The first-order valence-corrected chi connectivity index (χ1v) is 8.44. The molecule has 0 radical (unpaired) electrons. The van der Waals surface area contributed by atoms with Gasteiger partial charge in [0.1, 0.15) is 11.4 Å². The third-order valence-corrected chi connectivity index (χ3v) is 4.76. The van der Waals surface area contributed by atoms with Gasteiger partial charge in [0.15, 0.2) is 11.4 Å². The third-order valence-electron chi connectivity index (χ3n) is 4.76. The number of rotatable bonds is 4. The Labute approximate surface area is 150 Å². The average Bonchev–Trinajstić information content (AvgIpc) is 2.65. The number of aliphatic hydroxyl groups is 1. The summed E-state index contributed by atoms with van der Waals surface area (Å²) in [4.78, 5) is 23.0. The van der Waals surface area contributed by atoms with Crippen LogP contribution in [-0.2, 0) is 0 Å². The fourth-order valence-electron chi connectivity index (χ4n) is 3.22. The molecule has 1 saturated carbocycles. The average molecular weight is 356 g/mol. The number of phenolic OH excluding ortho intramolecular Hbond substituents is 1. The van der Waals surface area contributed by atoms with E-state index in [9.17, 15) is 19.9 Å². The van der Waals surface area contributed by atoms with Gasteiger partial charge in [0.25, 0.3) is 0 Å². The fraction of sp³-hybridized carbons (Fsp3) is 0.316. The summed E-state index contributed by atoms with van der Waals surface area (Å²) < 4.78 is 5.22. The number of ether oxygens (including phenoxy) is 1. The number of esters is 1. The number of phenols is 1. The minimum absolute atomic E-state index is 0.0345. The minimum Gasteiger partial charge on any atom is -0.505 e. The number of aromatic hydroxyl groups is 1. The van der Waals surface area contributed by atoms with E-state index in [0.717, 1.165) is 31.2 Å². The molecule has 0 heterocycles. The number of nitrogen functional groups attached to an aromatic ring is 1. The number of carbonyl (C=O) groups excluding carboxylic acids is 1. The molecule has 0 unspecified atom stereocenters. The van der Waals surface area contributed by atoms with E-state index in [1.54, 1.807) is 12.1 Å². The summed E-state index contributed by atoms with van der Waals surface area (Å²) in [7, 11) is 0. The van der Waals surface area contributed by atoms with Crippen molar-refractivity contribution in [2.75, 3.05) is 5.73 Å². The molecule has 2 aromatic rings. The number of nitrogens with two attached hydrogens (primary N) is 1. The Morgan fingerprint density at radius 1 is 1.08 bits per heavy atom. The van der Waals surface area contributed by atoms with Crippen LogP contribution in [0, 0.1) is 4.91 Å². The monoisotopic (exact) mass is 356 g/mol. The molecule has 0 saturated heterocycles. The Kier molecular flexibility index (Phi) is 5.18. The highest BCUT2D eigenvalue weighted by atomic mass is 16.5. The Hall–Kier alpha value is -2.93. The van der Waals surface area contributed by atoms with Crippen LogP contribution in [0.15, 0.2) is 41.6 Å². The predicted octanol–water partition coefficient (Wildman–Crippen LogP) is 3.61. The van der Waals surface area contributed by atoms with Gasteiger partial charge in [-0.25, -0.2) is 4.79 Å². The molecule has 2 aromatic carbocycles. The van der Waals surface area contributed by atoms with E-state index in [1.165, 1.54) is 12.1 Å². The van der Waals surface area contributed by atoms with Gasteiger partial charge in [-0.1, -0.05) is 12.1 Å². The lowest BCUT2D eigenvalue weighted by Crippen LogP contribution is -2.17. The van der Waals surface area contributed by atoms with Crippen molar-refractivity contribution in [2.45, 2.75) is 37.7 Å². The van der Waals surface area contributed by atoms with Crippen molar-refractivity contribution in [1.82, 2.24) is 0 Å². The summed E-state index contributed by atoms with van der Waals surface area (Å²) >= 11 is 0. The van der Waals surface area contributed by atoms with E-state index in [2.05, 4.69) is 5.18 Å². The minimum atomic E-state index is -0.621. The lowest BCUT2D eigenvalue weighted by molar-refractivity contribution is 0.0735. The predicted molar refractivity (Wildman–Crippen MR) is 96.6 cm³/mol. The highest BCUT2D eigenvalue weighted by Crippen LogP contribution is 2.39. The van der Waals surface area contributed by atoms with E-state index in [1.807, 2.05) is 12.1 Å². The van der Waals surface area contributed by atoms with Gasteiger partial charge in [0, 0.05) is 0 Å². The Balaban J connectivity index is 1.72. The summed E-state index contributed by atoms with van der Waals surface area (Å²) in [6.45, 7) is 0. The first-order valence-electron chi connectivity index (χ1n) is 8.44. The summed E-state index contributed by atoms with van der Waals surface area (Å²) in [5, 5.41) is 21.7. The topological polar surface area (TPSA) is 122 Å². The number of hydrogen-bond acceptors (Lipinski definition) is 7. The smallest absolute Gasteiger partial charge is 0.343 e. The van der Waals surface area contributed by atoms with Crippen LogP contribution in [0.25, 0.3) is 0 Å². The number of hydrogen-bond donors (Lipinski definition) is 3. The molecule has 1 fully saturated rings. The van der Waals surface area contributed by atoms with E-state index in [4.69, 9.17) is 10.5 Å². The van der Waals surface area contributed by atoms with E-state index in [0.29, 0.717) is 11.5 Å². The molecule has 0 spiro atoms. The molecule has 0 aliphatic heterocycles. The standard InChI is InChI=1S/C19H20N2O5/c20-17-16(10-9-15(23)18(17)21-25)26-19(24)13-3-1-11(2-4-13)12-5-7-14(22)8-6-12/h1-4,9-10,12,14,22-23H,5-8,20H2. The number of aliphatic hydroxyl groups excluding tert-OH is 1. The van der Waals surface area contributed by atoms with Gasteiger partial charge >= 0.3 is 5.97 Å². The molecule has 7 heteroatoms. The summed E-state index contributed by atoms with van der Waals surface area (Å²) in [6.07, 6.45) is 3.23. The molecule has 7 nitrogen and oxygen atoms in total. The molecule has 136 valence electrons. The zero-order valence-corrected chi connectivity index (χ0v) is 14.1. The van der Waals surface area contributed by atoms with Crippen molar-refractivity contribution in [3.05, 3.63) is 52.4 Å². The first kappa shape index (κ1) is 17.9. The van der Waals surface area contributed by atoms with Crippen LogP contribution >= 0.6 is 0 Å². The summed E-state index contributed by atoms with van der Waals surface area (Å²) in [5.41, 5.74) is 6.63. The van der Waals surface area contributed by atoms with Crippen LogP contribution in [0.4, 0.5) is 11.4 Å². The number of nitrogens with zero attached hydrogens (tertiary/aromatic N) is 1. The van der Waals surface area contributed by atoms with Crippen molar-refractivity contribution in [1.29, 1.82) is 0 Å². The van der Waals surface area contributed by atoms with Gasteiger partial charge in [0.2, 0.25) is 0 Å². The second-order valence-electron chi connectivity index (χ2n) is 6.45. The number of nitroso groups, excluding NO2 is 1. The normalized spacial score (nSPS) is 19.7. The molecule has 0 bridgehead atoms. The Bertz CT molecular complexity index is 811. The molecule has 1 aliphatic carbocycles. The molecule has 0 amide bonds. The third kappa shape index (κ3) is 3.67. The SMILES string of the molecule is Nc1c(OC(=O)c2ccc(C3CCC(O)CC3)cc2)ccc(O)c1N=O. The lowest BCUT2D eigenvalue weighted by atomic mass is 9.82. The van der Waals surface area contributed by atoms with Gasteiger partial charge in [-0.05, 0) is 66.6 Å². The first-order chi connectivity index (χ1) is 12.5. The van der Waals surface area contributed by atoms with Crippen LogP contribution in [0.2, 0.25) is 0 Å². The van der Waals surface area contributed by atoms with Crippen LogP contribution < -0.4 is 10.5 Å². The van der Waals surface area contributed by atoms with Crippen molar-refractivity contribution in [3.8, 4) is 11.5 Å². The molecule has 1 aliphatic rings. The number of benzene rings is 2. The number of carbonyl (C=O) groups is 1. The lowest BCUT2D eigenvalue weighted by Gasteiger charge is -2.25. The van der Waals surface area contributed by atoms with Crippen LogP contribution in [0.1, 0.15) is 47.5 Å². The zero-order chi connectivity index (χ0) is 18.7. The quantitative estimate of drug-likeness (QED) is 0.333. The maximum absolute atomic E-state index is 12.3. The highest BCUT2D eigenvalue weighted by molar-refractivity contribution is 5.92. The largest absolute Gasteiger partial charge is 0.505 e. The second kappa shape index (κ2) is 7.53. The van der Waals surface area contributed by atoms with Crippen molar-refractivity contribution in [3.63, 3.8) is 0 Å². The Morgan fingerprint density at radius 3 is 2.35 bits per heavy atom. The van der Waals surface area contributed by atoms with Crippen LogP contribution in [-0.4, -0.2) is 22.3 Å². The summed E-state index contributed by atoms with van der Waals surface area (Å²) in [5.74, 6) is -0.644. The maximum Gasteiger partial charge on any atom is 0.343 e. The second-order valence-corrected chi connectivity index (χ2v) is 6.45. The van der Waals surface area contributed by atoms with E-state index >= 15 is 0 Å². The van der Waals surface area contributed by atoms with Gasteiger partial charge in [-0.3, -0.25) is 0 Å². The van der Waals surface area contributed by atoms with E-state index < -0.39 is 5.97 Å². The van der Waals surface area contributed by atoms with E-state index in [-0.39, 0.29) is 29.0 Å². The molecular weight excluding hydrogens is 336 g/mol. The molecule has 0 aromatic heterocycles. The van der Waals surface area contributed by atoms with Gasteiger partial charge in [-0.2, -0.15) is 0 Å². The maximum atomic E-state index is 12.3. The fourth-order valence-corrected chi connectivity index (χ4v) is 3.22. The highest BCUT2D eigenvalue weighted by Gasteiger charge is 2.21. The molecule has 26 heavy (non-hydrogen) atoms. The molecular formula is C19H20N2O5. The molecule has 0 atom stereocenters. The van der Waals surface area contributed by atoms with Gasteiger partial charge < -0.3 is 20.7 Å². The zero-order valence-electron chi connectivity index (χ0n) is 14.1. The van der Waals surface area contributed by atoms with Gasteiger partial charge in [0.05, 0.1) is 11.7 Å². The van der Waals surface area contributed by atoms with Crippen molar-refractivity contribution < 1.29 is 19.7 Å². The van der Waals surface area contributed by atoms with Crippen molar-refractivity contribution in [2.24, 2.45) is 5.18 Å². The Morgan fingerprint density at radius 2 is 1.73 bits per heavy atom.